The number of hydrogen-bond donors (Lipinski definition) is 0. The minimum absolute atomic E-state index is 0.622. The van der Waals surface area contributed by atoms with Crippen molar-refractivity contribution in [1.82, 2.24) is 19.9 Å². The monoisotopic (exact) mass is 608 g/mol. The summed E-state index contributed by atoms with van der Waals surface area (Å²) in [5.74, 6) is 2.57. The van der Waals surface area contributed by atoms with E-state index in [4.69, 9.17) is 24.4 Å². The Morgan fingerprint density at radius 2 is 1.02 bits per heavy atom. The fourth-order valence-corrected chi connectivity index (χ4v) is 7.17. The van der Waals surface area contributed by atoms with Gasteiger partial charge in [-0.3, -0.25) is 0 Å². The molecule has 0 atom stereocenters. The average molecular weight is 609 g/mol. The molecule has 0 saturated heterocycles. The Morgan fingerprint density at radius 1 is 0.435 bits per heavy atom. The van der Waals surface area contributed by atoms with Crippen LogP contribution in [0.4, 0.5) is 0 Å². The van der Waals surface area contributed by atoms with Gasteiger partial charge in [-0.05, 0) is 35.9 Å². The molecule has 0 N–H and O–H groups in total. The van der Waals surface area contributed by atoms with Gasteiger partial charge >= 0.3 is 0 Å². The van der Waals surface area contributed by atoms with Crippen molar-refractivity contribution in [1.29, 1.82) is 0 Å². The van der Waals surface area contributed by atoms with Crippen LogP contribution in [0, 0.1) is 0 Å². The fourth-order valence-electron chi connectivity index (χ4n) is 6.00. The van der Waals surface area contributed by atoms with Crippen molar-refractivity contribution in [3.63, 3.8) is 0 Å². The van der Waals surface area contributed by atoms with Crippen molar-refractivity contribution in [2.24, 2.45) is 0 Å². The molecule has 0 spiro atoms. The lowest BCUT2D eigenvalue weighted by Crippen LogP contribution is -1.99. The van der Waals surface area contributed by atoms with Crippen LogP contribution in [0.3, 0.4) is 0 Å². The molecule has 0 bridgehead atoms. The number of fused-ring (bicyclic) bond motifs is 4. The van der Waals surface area contributed by atoms with Crippen molar-refractivity contribution in [2.75, 3.05) is 0 Å². The average Bonchev–Trinajstić information content (AvgIpc) is 3.74. The number of oxazole rings is 1. The Bertz CT molecular complexity index is 2470. The molecule has 3 heterocycles. The molecule has 6 aromatic carbocycles. The molecule has 0 aliphatic rings. The highest BCUT2D eigenvalue weighted by molar-refractivity contribution is 7.26. The van der Waals surface area contributed by atoms with Gasteiger partial charge in [0.05, 0.1) is 0 Å². The molecule has 3 aromatic heterocycles. The third-order valence-corrected chi connectivity index (χ3v) is 9.30. The van der Waals surface area contributed by atoms with Crippen LogP contribution in [0.1, 0.15) is 0 Å². The Kier molecular flexibility index (Phi) is 6.25. The first-order chi connectivity index (χ1) is 22.8. The zero-order valence-electron chi connectivity index (χ0n) is 24.5. The van der Waals surface area contributed by atoms with Gasteiger partial charge in [0, 0.05) is 48.0 Å². The maximum Gasteiger partial charge on any atom is 0.227 e. The van der Waals surface area contributed by atoms with Gasteiger partial charge < -0.3 is 4.42 Å². The van der Waals surface area contributed by atoms with Crippen molar-refractivity contribution in [3.8, 4) is 56.7 Å². The van der Waals surface area contributed by atoms with E-state index in [9.17, 15) is 0 Å². The standard InChI is InChI=1S/C40H24N4OS/c1-4-12-25(13-5-1)37-42-38(26-14-6-2-7-15-26)44-39(43-37)28-22-23-31-34(24-28)46-33-21-11-18-29(35(31)33)30-19-10-20-32-36(30)41-40(45-32)27-16-8-3-9-17-27/h1-24H. The molecule has 6 heteroatoms. The SMILES string of the molecule is c1ccc(-c2nc(-c3ccccc3)nc(-c3ccc4c(c3)sc3cccc(-c5cccc6oc(-c7ccccc7)nc56)c34)n2)cc1. The first-order valence-corrected chi connectivity index (χ1v) is 15.9. The number of aromatic nitrogens is 4. The van der Waals surface area contributed by atoms with Crippen LogP contribution < -0.4 is 0 Å². The largest absolute Gasteiger partial charge is 0.436 e. The van der Waals surface area contributed by atoms with Crippen LogP contribution >= 0.6 is 11.3 Å². The summed E-state index contributed by atoms with van der Waals surface area (Å²) < 4.78 is 8.59. The number of para-hydroxylation sites is 1. The normalized spacial score (nSPS) is 11.5. The van der Waals surface area contributed by atoms with Gasteiger partial charge in [0.2, 0.25) is 5.89 Å². The molecule has 0 aliphatic heterocycles. The number of rotatable bonds is 5. The van der Waals surface area contributed by atoms with Gasteiger partial charge in [-0.2, -0.15) is 0 Å². The topological polar surface area (TPSA) is 64.7 Å². The predicted molar refractivity (Wildman–Crippen MR) is 187 cm³/mol. The predicted octanol–water partition coefficient (Wildman–Crippen LogP) is 10.7. The molecule has 0 saturated carbocycles. The summed E-state index contributed by atoms with van der Waals surface area (Å²) in [6.45, 7) is 0. The molecule has 0 fully saturated rings. The van der Waals surface area contributed by atoms with E-state index in [1.165, 1.54) is 20.2 Å². The summed E-state index contributed by atoms with van der Waals surface area (Å²) in [5, 5.41) is 2.39. The Balaban J connectivity index is 1.20. The summed E-state index contributed by atoms with van der Waals surface area (Å²) in [4.78, 5) is 19.7. The lowest BCUT2D eigenvalue weighted by atomic mass is 9.98. The van der Waals surface area contributed by atoms with Gasteiger partial charge in [0.25, 0.3) is 0 Å². The Labute approximate surface area is 268 Å². The van der Waals surface area contributed by atoms with Crippen LogP contribution in [0.2, 0.25) is 0 Å². The van der Waals surface area contributed by atoms with Crippen molar-refractivity contribution in [3.05, 3.63) is 146 Å². The van der Waals surface area contributed by atoms with E-state index in [2.05, 4.69) is 42.5 Å². The van der Waals surface area contributed by atoms with Crippen molar-refractivity contribution in [2.45, 2.75) is 0 Å². The lowest BCUT2D eigenvalue weighted by Gasteiger charge is -2.09. The lowest BCUT2D eigenvalue weighted by molar-refractivity contribution is 0.620. The maximum atomic E-state index is 6.22. The number of thiophene rings is 1. The smallest absolute Gasteiger partial charge is 0.227 e. The van der Waals surface area contributed by atoms with E-state index in [1.807, 2.05) is 103 Å². The molecule has 46 heavy (non-hydrogen) atoms. The van der Waals surface area contributed by atoms with Gasteiger partial charge in [-0.25, -0.2) is 19.9 Å². The highest BCUT2D eigenvalue weighted by Gasteiger charge is 2.18. The third-order valence-electron chi connectivity index (χ3n) is 8.18. The minimum atomic E-state index is 0.622. The number of hydrogen-bond acceptors (Lipinski definition) is 6. The van der Waals surface area contributed by atoms with E-state index in [0.29, 0.717) is 23.4 Å². The van der Waals surface area contributed by atoms with E-state index in [0.717, 1.165) is 44.5 Å². The van der Waals surface area contributed by atoms with Gasteiger partial charge in [-0.15, -0.1) is 11.3 Å². The van der Waals surface area contributed by atoms with E-state index < -0.39 is 0 Å². The molecule has 0 unspecified atom stereocenters. The first-order valence-electron chi connectivity index (χ1n) is 15.1. The second kappa shape index (κ2) is 10.9. The molecular formula is C40H24N4OS. The summed E-state index contributed by atoms with van der Waals surface area (Å²) in [6.07, 6.45) is 0. The second-order valence-corrected chi connectivity index (χ2v) is 12.2. The highest BCUT2D eigenvalue weighted by Crippen LogP contribution is 2.43. The Hall–Kier alpha value is -5.98. The molecular weight excluding hydrogens is 585 g/mol. The zero-order chi connectivity index (χ0) is 30.5. The van der Waals surface area contributed by atoms with Crippen LogP contribution in [-0.4, -0.2) is 19.9 Å². The summed E-state index contributed by atoms with van der Waals surface area (Å²) in [6, 6.07) is 49.3. The third kappa shape index (κ3) is 4.55. The van der Waals surface area contributed by atoms with Crippen LogP contribution in [0.5, 0.6) is 0 Å². The van der Waals surface area contributed by atoms with E-state index in [1.54, 1.807) is 11.3 Å². The maximum absolute atomic E-state index is 6.22. The highest BCUT2D eigenvalue weighted by atomic mass is 32.1. The number of benzene rings is 6. The van der Waals surface area contributed by atoms with Gasteiger partial charge in [-0.1, -0.05) is 115 Å². The van der Waals surface area contributed by atoms with E-state index in [-0.39, 0.29) is 0 Å². The van der Waals surface area contributed by atoms with Crippen LogP contribution in [0.25, 0.3) is 88.0 Å². The zero-order valence-corrected chi connectivity index (χ0v) is 25.3. The first kappa shape index (κ1) is 26.4. The van der Waals surface area contributed by atoms with Gasteiger partial charge in [0.15, 0.2) is 23.1 Å². The van der Waals surface area contributed by atoms with Crippen molar-refractivity contribution >= 4 is 42.6 Å². The molecule has 216 valence electrons. The van der Waals surface area contributed by atoms with Crippen LogP contribution in [-0.2, 0) is 0 Å². The molecule has 0 amide bonds. The molecule has 0 aliphatic carbocycles. The van der Waals surface area contributed by atoms with Crippen LogP contribution in [0.15, 0.2) is 150 Å². The summed E-state index contributed by atoms with van der Waals surface area (Å²) >= 11 is 1.77. The van der Waals surface area contributed by atoms with E-state index >= 15 is 0 Å². The quantitative estimate of drug-likeness (QED) is 0.194. The summed E-state index contributed by atoms with van der Waals surface area (Å²) in [5.41, 5.74) is 7.62. The second-order valence-electron chi connectivity index (χ2n) is 11.1. The fraction of sp³-hybridized carbons (Fsp3) is 0. The molecule has 5 nitrogen and oxygen atoms in total. The van der Waals surface area contributed by atoms with Crippen molar-refractivity contribution < 1.29 is 4.42 Å². The molecule has 9 rings (SSSR count). The molecule has 9 aromatic rings. The number of nitrogens with zero attached hydrogens (tertiary/aromatic N) is 4. The summed E-state index contributed by atoms with van der Waals surface area (Å²) in [7, 11) is 0. The molecule has 0 radical (unpaired) electrons. The van der Waals surface area contributed by atoms with Gasteiger partial charge in [0.1, 0.15) is 5.52 Å². The minimum Gasteiger partial charge on any atom is -0.436 e. The Morgan fingerprint density at radius 3 is 1.70 bits per heavy atom.